The van der Waals surface area contributed by atoms with Crippen LogP contribution in [0.1, 0.15) is 11.1 Å². The molecule has 1 heterocycles. The molecule has 0 atom stereocenters. The lowest BCUT2D eigenvalue weighted by Crippen LogP contribution is -2.11. The first-order chi connectivity index (χ1) is 6.15. The Kier molecular flexibility index (Phi) is 3.55. The highest BCUT2D eigenvalue weighted by molar-refractivity contribution is 6.18. The first-order valence-electron chi connectivity index (χ1n) is 4.34. The third-order valence-corrected chi connectivity index (χ3v) is 2.22. The van der Waals surface area contributed by atoms with Crippen molar-refractivity contribution in [2.45, 2.75) is 13.3 Å². The van der Waals surface area contributed by atoms with Crippen LogP contribution in [0.2, 0.25) is 0 Å². The second-order valence-corrected chi connectivity index (χ2v) is 3.68. The van der Waals surface area contributed by atoms with Gasteiger partial charge >= 0.3 is 0 Å². The molecule has 0 N–H and O–H groups in total. The van der Waals surface area contributed by atoms with E-state index in [4.69, 9.17) is 11.6 Å². The Morgan fingerprint density at radius 1 is 1.46 bits per heavy atom. The molecule has 13 heavy (non-hydrogen) atoms. The van der Waals surface area contributed by atoms with Crippen molar-refractivity contribution in [3.8, 4) is 0 Å². The highest BCUT2D eigenvalue weighted by Gasteiger charge is 2.01. The minimum atomic E-state index is 0.657. The highest BCUT2D eigenvalue weighted by atomic mass is 35.5. The van der Waals surface area contributed by atoms with Gasteiger partial charge in [0.2, 0.25) is 0 Å². The second kappa shape index (κ2) is 4.47. The zero-order chi connectivity index (χ0) is 9.84. The Morgan fingerprint density at radius 2 is 2.15 bits per heavy atom. The molecule has 3 heteroatoms. The van der Waals surface area contributed by atoms with Crippen LogP contribution in [0.5, 0.6) is 0 Å². The van der Waals surface area contributed by atoms with Gasteiger partial charge in [0.1, 0.15) is 5.82 Å². The predicted molar refractivity (Wildman–Crippen MR) is 57.7 cm³/mol. The van der Waals surface area contributed by atoms with E-state index in [-0.39, 0.29) is 0 Å². The van der Waals surface area contributed by atoms with Crippen molar-refractivity contribution in [2.75, 3.05) is 24.9 Å². The molecule has 1 aromatic heterocycles. The van der Waals surface area contributed by atoms with E-state index in [1.54, 1.807) is 0 Å². The number of aromatic nitrogens is 1. The lowest BCUT2D eigenvalue weighted by atomic mass is 10.1. The van der Waals surface area contributed by atoms with Crippen LogP contribution in [0.15, 0.2) is 12.3 Å². The summed E-state index contributed by atoms with van der Waals surface area (Å²) in [4.78, 5) is 6.32. The molecule has 1 aromatic rings. The van der Waals surface area contributed by atoms with Gasteiger partial charge in [-0.15, -0.1) is 11.6 Å². The number of pyridine rings is 1. The maximum Gasteiger partial charge on any atom is 0.128 e. The molecule has 0 bridgehead atoms. The van der Waals surface area contributed by atoms with Crippen molar-refractivity contribution in [3.05, 3.63) is 23.4 Å². The zero-order valence-corrected chi connectivity index (χ0v) is 9.10. The molecule has 0 aliphatic rings. The van der Waals surface area contributed by atoms with E-state index in [1.807, 2.05) is 25.2 Å². The van der Waals surface area contributed by atoms with Gasteiger partial charge in [0.25, 0.3) is 0 Å². The quantitative estimate of drug-likeness (QED) is 0.693. The molecule has 0 aliphatic carbocycles. The summed E-state index contributed by atoms with van der Waals surface area (Å²) in [6.45, 7) is 2.09. The lowest BCUT2D eigenvalue weighted by Gasteiger charge is -2.13. The summed E-state index contributed by atoms with van der Waals surface area (Å²) in [7, 11) is 3.98. The van der Waals surface area contributed by atoms with Crippen molar-refractivity contribution < 1.29 is 0 Å². The van der Waals surface area contributed by atoms with Crippen molar-refractivity contribution >= 4 is 17.4 Å². The van der Waals surface area contributed by atoms with Crippen LogP contribution >= 0.6 is 11.6 Å². The molecule has 0 radical (unpaired) electrons. The first-order valence-corrected chi connectivity index (χ1v) is 4.87. The standard InChI is InChI=1S/C10H15ClN2/c1-8-6-10(13(2)3)12-7-9(8)4-5-11/h6-7H,4-5H2,1-3H3. The number of rotatable bonds is 3. The number of nitrogens with zero attached hydrogens (tertiary/aromatic N) is 2. The van der Waals surface area contributed by atoms with Crippen LogP contribution in [-0.4, -0.2) is 25.0 Å². The van der Waals surface area contributed by atoms with Gasteiger partial charge in [-0.2, -0.15) is 0 Å². The Morgan fingerprint density at radius 3 is 2.62 bits per heavy atom. The second-order valence-electron chi connectivity index (χ2n) is 3.30. The molecule has 1 rings (SSSR count). The fraction of sp³-hybridized carbons (Fsp3) is 0.500. The number of anilines is 1. The summed E-state index contributed by atoms with van der Waals surface area (Å²) in [5.74, 6) is 1.65. The number of halogens is 1. The lowest BCUT2D eigenvalue weighted by molar-refractivity contribution is 1.02. The van der Waals surface area contributed by atoms with Crippen LogP contribution in [0.4, 0.5) is 5.82 Å². The third-order valence-electron chi connectivity index (χ3n) is 2.03. The van der Waals surface area contributed by atoms with Crippen LogP contribution < -0.4 is 4.90 Å². The topological polar surface area (TPSA) is 16.1 Å². The van der Waals surface area contributed by atoms with Gasteiger partial charge in [-0.3, -0.25) is 0 Å². The summed E-state index contributed by atoms with van der Waals surface area (Å²) in [6.07, 6.45) is 2.81. The maximum atomic E-state index is 5.67. The molecule has 0 fully saturated rings. The minimum Gasteiger partial charge on any atom is -0.363 e. The van der Waals surface area contributed by atoms with Crippen molar-refractivity contribution in [1.82, 2.24) is 4.98 Å². The van der Waals surface area contributed by atoms with E-state index in [1.165, 1.54) is 11.1 Å². The molecule has 72 valence electrons. The van der Waals surface area contributed by atoms with Crippen molar-refractivity contribution in [3.63, 3.8) is 0 Å². The number of alkyl halides is 1. The van der Waals surface area contributed by atoms with Crippen molar-refractivity contribution in [2.24, 2.45) is 0 Å². The molecule has 0 saturated carbocycles. The molecule has 0 aliphatic heterocycles. The average molecular weight is 199 g/mol. The van der Waals surface area contributed by atoms with Gasteiger partial charge in [0.05, 0.1) is 0 Å². The molecule has 0 spiro atoms. The van der Waals surface area contributed by atoms with Gasteiger partial charge in [-0.25, -0.2) is 4.98 Å². The Bertz CT molecular complexity index is 284. The Hall–Kier alpha value is -0.760. The summed E-state index contributed by atoms with van der Waals surface area (Å²) in [6, 6.07) is 2.09. The van der Waals surface area contributed by atoms with E-state index in [9.17, 15) is 0 Å². The van der Waals surface area contributed by atoms with Gasteiger partial charge in [0, 0.05) is 26.2 Å². The largest absolute Gasteiger partial charge is 0.363 e. The Labute approximate surface area is 84.5 Å². The van der Waals surface area contributed by atoms with Gasteiger partial charge in [0.15, 0.2) is 0 Å². The minimum absolute atomic E-state index is 0.657. The van der Waals surface area contributed by atoms with Crippen LogP contribution in [0.3, 0.4) is 0 Å². The van der Waals surface area contributed by atoms with E-state index in [0.29, 0.717) is 5.88 Å². The molecule has 0 saturated heterocycles. The summed E-state index contributed by atoms with van der Waals surface area (Å²) in [5.41, 5.74) is 2.50. The first kappa shape index (κ1) is 10.3. The van der Waals surface area contributed by atoms with Gasteiger partial charge in [-0.05, 0) is 30.5 Å². The maximum absolute atomic E-state index is 5.67. The normalized spacial score (nSPS) is 10.2. The van der Waals surface area contributed by atoms with Crippen LogP contribution in [0, 0.1) is 6.92 Å². The monoisotopic (exact) mass is 198 g/mol. The molecule has 0 unspecified atom stereocenters. The third kappa shape index (κ3) is 2.59. The molecular weight excluding hydrogens is 184 g/mol. The Balaban J connectivity index is 2.92. The van der Waals surface area contributed by atoms with E-state index >= 15 is 0 Å². The van der Waals surface area contributed by atoms with E-state index in [0.717, 1.165) is 12.2 Å². The van der Waals surface area contributed by atoms with E-state index in [2.05, 4.69) is 18.0 Å². The van der Waals surface area contributed by atoms with E-state index < -0.39 is 0 Å². The van der Waals surface area contributed by atoms with Crippen molar-refractivity contribution in [1.29, 1.82) is 0 Å². The number of hydrogen-bond acceptors (Lipinski definition) is 2. The molecular formula is C10H15ClN2. The summed E-state index contributed by atoms with van der Waals surface area (Å²) < 4.78 is 0. The van der Waals surface area contributed by atoms with Crippen LogP contribution in [-0.2, 0) is 6.42 Å². The van der Waals surface area contributed by atoms with Crippen LogP contribution in [0.25, 0.3) is 0 Å². The summed E-state index contributed by atoms with van der Waals surface area (Å²) >= 11 is 5.67. The molecule has 2 nitrogen and oxygen atoms in total. The average Bonchev–Trinajstić information content (AvgIpc) is 2.08. The molecule has 0 aromatic carbocycles. The SMILES string of the molecule is Cc1cc(N(C)C)ncc1CCCl. The van der Waals surface area contributed by atoms with Gasteiger partial charge < -0.3 is 4.90 Å². The molecule has 0 amide bonds. The number of aryl methyl sites for hydroxylation is 2. The fourth-order valence-corrected chi connectivity index (χ4v) is 1.38. The zero-order valence-electron chi connectivity index (χ0n) is 8.34. The predicted octanol–water partition coefficient (Wildman–Crippen LogP) is 2.24. The highest BCUT2D eigenvalue weighted by Crippen LogP contribution is 2.14. The fourth-order valence-electron chi connectivity index (χ4n) is 1.18. The smallest absolute Gasteiger partial charge is 0.128 e. The number of hydrogen-bond donors (Lipinski definition) is 0. The summed E-state index contributed by atoms with van der Waals surface area (Å²) in [5, 5.41) is 0. The van der Waals surface area contributed by atoms with Gasteiger partial charge in [-0.1, -0.05) is 0 Å².